The maximum Gasteiger partial charge on any atom is 0.318 e. The molecule has 1 aromatic carbocycles. The number of carbonyl (C=O) groups excluding carboxylic acids is 2. The Hall–Kier alpha value is -2.62. The minimum Gasteiger partial charge on any atom is -0.341 e. The number of amides is 3. The highest BCUT2D eigenvalue weighted by Gasteiger charge is 2.29. The van der Waals surface area contributed by atoms with E-state index in [-0.39, 0.29) is 36.1 Å². The van der Waals surface area contributed by atoms with Gasteiger partial charge in [0, 0.05) is 19.0 Å². The second-order valence-electron chi connectivity index (χ2n) is 7.82. The molecule has 1 aliphatic heterocycles. The van der Waals surface area contributed by atoms with Crippen molar-refractivity contribution >= 4 is 11.9 Å². The first-order valence-corrected chi connectivity index (χ1v) is 9.78. The zero-order valence-electron chi connectivity index (χ0n) is 16.8. The number of rotatable bonds is 6. The molecular weight excluding hydrogens is 359 g/mol. The fraction of sp³-hybridized carbons (Fsp3) is 0.571. The lowest BCUT2D eigenvalue weighted by Crippen LogP contribution is -2.53. The van der Waals surface area contributed by atoms with Gasteiger partial charge in [-0.15, -0.1) is 0 Å². The van der Waals surface area contributed by atoms with Crippen LogP contribution in [0.5, 0.6) is 0 Å². The van der Waals surface area contributed by atoms with Crippen molar-refractivity contribution in [2.45, 2.75) is 52.0 Å². The van der Waals surface area contributed by atoms with E-state index in [9.17, 15) is 14.0 Å². The van der Waals surface area contributed by atoms with Gasteiger partial charge in [0.05, 0.1) is 6.07 Å². The maximum atomic E-state index is 14.3. The van der Waals surface area contributed by atoms with Gasteiger partial charge in [-0.05, 0) is 43.7 Å². The molecule has 2 unspecified atom stereocenters. The lowest BCUT2D eigenvalue weighted by atomic mass is 9.89. The average molecular weight is 388 g/mol. The van der Waals surface area contributed by atoms with Crippen molar-refractivity contribution in [3.8, 4) is 6.07 Å². The Morgan fingerprint density at radius 1 is 1.39 bits per heavy atom. The number of carbonyl (C=O) groups is 2. The van der Waals surface area contributed by atoms with Crippen molar-refractivity contribution < 1.29 is 14.0 Å². The van der Waals surface area contributed by atoms with Crippen LogP contribution in [-0.2, 0) is 4.79 Å². The van der Waals surface area contributed by atoms with Gasteiger partial charge in [0.2, 0.25) is 5.91 Å². The molecule has 1 aromatic rings. The number of piperidine rings is 1. The van der Waals surface area contributed by atoms with E-state index >= 15 is 0 Å². The van der Waals surface area contributed by atoms with Crippen LogP contribution in [0.3, 0.4) is 0 Å². The number of nitriles is 1. The lowest BCUT2D eigenvalue weighted by Gasteiger charge is -2.34. The number of hydrogen-bond acceptors (Lipinski definition) is 3. The van der Waals surface area contributed by atoms with Crippen molar-refractivity contribution in [3.05, 3.63) is 35.1 Å². The Morgan fingerprint density at radius 2 is 2.14 bits per heavy atom. The molecule has 0 saturated carbocycles. The zero-order chi connectivity index (χ0) is 20.7. The Balaban J connectivity index is 2.06. The molecule has 3 amide bonds. The number of nitrogens with zero attached hydrogens (tertiary/aromatic N) is 2. The van der Waals surface area contributed by atoms with Crippen LogP contribution in [0.1, 0.15) is 50.2 Å². The van der Waals surface area contributed by atoms with Crippen molar-refractivity contribution in [2.24, 2.45) is 5.92 Å². The molecule has 0 aliphatic carbocycles. The van der Waals surface area contributed by atoms with Crippen LogP contribution in [0.4, 0.5) is 9.18 Å². The normalized spacial score (nSPS) is 17.7. The molecule has 152 valence electrons. The summed E-state index contributed by atoms with van der Waals surface area (Å²) in [7, 11) is 0. The van der Waals surface area contributed by atoms with Gasteiger partial charge in [0.15, 0.2) is 0 Å². The summed E-state index contributed by atoms with van der Waals surface area (Å²) < 4.78 is 14.3. The van der Waals surface area contributed by atoms with Gasteiger partial charge in [0.25, 0.3) is 0 Å². The molecule has 0 bridgehead atoms. The molecule has 0 radical (unpaired) electrons. The molecule has 0 aromatic heterocycles. The third-order valence-electron chi connectivity index (χ3n) is 4.96. The summed E-state index contributed by atoms with van der Waals surface area (Å²) in [4.78, 5) is 26.7. The molecule has 1 fully saturated rings. The molecule has 0 spiro atoms. The minimum absolute atomic E-state index is 0.0598. The van der Waals surface area contributed by atoms with Crippen molar-refractivity contribution in [2.75, 3.05) is 19.6 Å². The highest BCUT2D eigenvalue weighted by molar-refractivity contribution is 5.87. The van der Waals surface area contributed by atoms with E-state index in [1.54, 1.807) is 11.0 Å². The average Bonchev–Trinajstić information content (AvgIpc) is 2.67. The Morgan fingerprint density at radius 3 is 2.82 bits per heavy atom. The third-order valence-corrected chi connectivity index (χ3v) is 4.96. The molecule has 28 heavy (non-hydrogen) atoms. The second-order valence-corrected chi connectivity index (χ2v) is 7.82. The zero-order valence-corrected chi connectivity index (χ0v) is 16.8. The molecule has 1 aliphatic rings. The molecule has 2 N–H and O–H groups in total. The van der Waals surface area contributed by atoms with Crippen molar-refractivity contribution in [1.82, 2.24) is 15.5 Å². The summed E-state index contributed by atoms with van der Waals surface area (Å²) >= 11 is 0. The maximum absolute atomic E-state index is 14.3. The number of likely N-dealkylation sites (tertiary alicyclic amines) is 1. The summed E-state index contributed by atoms with van der Waals surface area (Å²) in [6.45, 7) is 6.75. The largest absolute Gasteiger partial charge is 0.341 e. The molecule has 1 saturated heterocycles. The Bertz CT molecular complexity index is 744. The topological polar surface area (TPSA) is 85.2 Å². The summed E-state index contributed by atoms with van der Waals surface area (Å²) in [6.07, 6.45) is 2.08. The fourth-order valence-corrected chi connectivity index (χ4v) is 3.58. The number of benzene rings is 1. The van der Waals surface area contributed by atoms with E-state index in [2.05, 4.69) is 10.6 Å². The van der Waals surface area contributed by atoms with Crippen molar-refractivity contribution in [3.63, 3.8) is 0 Å². The summed E-state index contributed by atoms with van der Waals surface area (Å²) in [6, 6.07) is 5.90. The van der Waals surface area contributed by atoms with E-state index < -0.39 is 6.04 Å². The number of urea groups is 1. The number of halogens is 1. The quantitative estimate of drug-likeness (QED) is 0.735. The van der Waals surface area contributed by atoms with Gasteiger partial charge in [-0.1, -0.05) is 31.5 Å². The van der Waals surface area contributed by atoms with E-state index in [0.717, 1.165) is 18.4 Å². The van der Waals surface area contributed by atoms with Gasteiger partial charge in [-0.3, -0.25) is 4.79 Å². The summed E-state index contributed by atoms with van der Waals surface area (Å²) in [5, 5.41) is 14.0. The highest BCUT2D eigenvalue weighted by atomic mass is 19.1. The molecular formula is C21H29FN4O2. The fourth-order valence-electron chi connectivity index (χ4n) is 3.58. The summed E-state index contributed by atoms with van der Waals surface area (Å²) in [5.41, 5.74) is 1.63. The number of hydrogen-bond donors (Lipinski definition) is 2. The van der Waals surface area contributed by atoms with Gasteiger partial charge in [-0.25, -0.2) is 9.18 Å². The van der Waals surface area contributed by atoms with Crippen molar-refractivity contribution in [1.29, 1.82) is 5.26 Å². The molecule has 2 atom stereocenters. The first kappa shape index (κ1) is 21.7. The highest BCUT2D eigenvalue weighted by Crippen LogP contribution is 2.29. The second kappa shape index (κ2) is 10.1. The standard InChI is InChI=1S/C21H29FN4O2/c1-14(2)11-19(20(27)24-9-8-23)25-21(28)26-10-4-5-16(13-26)17-12-15(3)6-7-18(17)22/h6-7,12,14,16,19H,4-5,9-11,13H2,1-3H3,(H,24,27)(H,25,28). The smallest absolute Gasteiger partial charge is 0.318 e. The Kier molecular flexibility index (Phi) is 7.80. The molecule has 7 heteroatoms. The van der Waals surface area contributed by atoms with E-state index in [1.807, 2.05) is 32.9 Å². The van der Waals surface area contributed by atoms with Crippen LogP contribution >= 0.6 is 0 Å². The van der Waals surface area contributed by atoms with Crippen LogP contribution in [0, 0.1) is 30.0 Å². The molecule has 1 heterocycles. The first-order chi connectivity index (χ1) is 13.3. The number of nitrogens with one attached hydrogen (secondary N) is 2. The van der Waals surface area contributed by atoms with Crippen LogP contribution < -0.4 is 10.6 Å². The number of aryl methyl sites for hydroxylation is 1. The third kappa shape index (κ3) is 5.95. The van der Waals surface area contributed by atoms with E-state index in [4.69, 9.17) is 5.26 Å². The van der Waals surface area contributed by atoms with E-state index in [1.165, 1.54) is 6.07 Å². The van der Waals surface area contributed by atoms with Gasteiger partial charge >= 0.3 is 6.03 Å². The van der Waals surface area contributed by atoms with Gasteiger partial charge in [0.1, 0.15) is 18.4 Å². The van der Waals surface area contributed by atoms with E-state index in [0.29, 0.717) is 25.1 Å². The molecule has 2 rings (SSSR count). The van der Waals surface area contributed by atoms with Gasteiger partial charge in [-0.2, -0.15) is 5.26 Å². The first-order valence-electron chi connectivity index (χ1n) is 9.78. The van der Waals surface area contributed by atoms with Gasteiger partial charge < -0.3 is 15.5 Å². The lowest BCUT2D eigenvalue weighted by molar-refractivity contribution is -0.123. The molecule has 6 nitrogen and oxygen atoms in total. The predicted molar refractivity (Wildman–Crippen MR) is 105 cm³/mol. The Labute approximate surface area is 166 Å². The minimum atomic E-state index is -0.697. The van der Waals surface area contributed by atoms with Crippen LogP contribution in [-0.4, -0.2) is 42.5 Å². The van der Waals surface area contributed by atoms with Crippen LogP contribution in [0.25, 0.3) is 0 Å². The monoisotopic (exact) mass is 388 g/mol. The predicted octanol–water partition coefficient (Wildman–Crippen LogP) is 3.08. The SMILES string of the molecule is Cc1ccc(F)c(C2CCCN(C(=O)NC(CC(C)C)C(=O)NCC#N)C2)c1. The van der Waals surface area contributed by atoms with Crippen LogP contribution in [0.15, 0.2) is 18.2 Å². The van der Waals surface area contributed by atoms with Crippen LogP contribution in [0.2, 0.25) is 0 Å². The summed E-state index contributed by atoms with van der Waals surface area (Å²) in [5.74, 6) is -0.461.